The van der Waals surface area contributed by atoms with Crippen LogP contribution in [0.25, 0.3) is 0 Å². The largest absolute Gasteiger partial charge is 0.490 e. The van der Waals surface area contributed by atoms with Gasteiger partial charge in [-0.05, 0) is 31.7 Å². The van der Waals surface area contributed by atoms with Crippen molar-refractivity contribution < 1.29 is 13.9 Å². The van der Waals surface area contributed by atoms with Gasteiger partial charge in [-0.15, -0.1) is 0 Å². The fourth-order valence-corrected chi connectivity index (χ4v) is 2.36. The smallest absolute Gasteiger partial charge is 0.124 e. The fourth-order valence-electron chi connectivity index (χ4n) is 2.36. The van der Waals surface area contributed by atoms with Gasteiger partial charge in [0, 0.05) is 24.7 Å². The Labute approximate surface area is 119 Å². The van der Waals surface area contributed by atoms with Gasteiger partial charge in [-0.25, -0.2) is 4.39 Å². The zero-order valence-electron chi connectivity index (χ0n) is 12.1. The lowest BCUT2D eigenvalue weighted by Gasteiger charge is -2.32. The number of hydrogen-bond acceptors (Lipinski definition) is 4. The zero-order valence-corrected chi connectivity index (χ0v) is 12.1. The van der Waals surface area contributed by atoms with Crippen molar-refractivity contribution in [2.75, 3.05) is 32.8 Å². The third-order valence-electron chi connectivity index (χ3n) is 3.56. The van der Waals surface area contributed by atoms with Crippen LogP contribution in [0, 0.1) is 5.82 Å². The normalized spacial score (nSPS) is 21.7. The number of rotatable bonds is 5. The van der Waals surface area contributed by atoms with Gasteiger partial charge in [0.25, 0.3) is 0 Å². The fraction of sp³-hybridized carbons (Fsp3) is 0.600. The van der Waals surface area contributed by atoms with Crippen molar-refractivity contribution in [3.8, 4) is 5.75 Å². The Bertz CT molecular complexity index is 440. The summed E-state index contributed by atoms with van der Waals surface area (Å²) in [5, 5.41) is 0. The van der Waals surface area contributed by atoms with Crippen LogP contribution in [0.15, 0.2) is 18.2 Å². The monoisotopic (exact) mass is 282 g/mol. The molecule has 2 unspecified atom stereocenters. The van der Waals surface area contributed by atoms with Crippen molar-refractivity contribution in [3.05, 3.63) is 29.6 Å². The van der Waals surface area contributed by atoms with E-state index in [1.165, 1.54) is 12.1 Å². The molecule has 0 saturated carbocycles. The minimum absolute atomic E-state index is 0.0506. The highest BCUT2D eigenvalue weighted by Gasteiger charge is 2.20. The Hall–Kier alpha value is -1.17. The first-order valence-corrected chi connectivity index (χ1v) is 7.12. The van der Waals surface area contributed by atoms with Crippen LogP contribution in [-0.2, 0) is 4.74 Å². The summed E-state index contributed by atoms with van der Waals surface area (Å²) in [4.78, 5) is 2.33. The van der Waals surface area contributed by atoms with Gasteiger partial charge in [0.15, 0.2) is 0 Å². The first kappa shape index (κ1) is 15.2. The molecule has 0 spiro atoms. The second-order valence-corrected chi connectivity index (χ2v) is 5.17. The standard InChI is InChI=1S/C15H23FN2O2/c1-3-18-6-7-19-13(9-18)10-20-15-5-4-12(16)8-14(15)11(2)17/h4-5,8,11,13H,3,6-7,9-10,17H2,1-2H3. The van der Waals surface area contributed by atoms with Crippen molar-refractivity contribution in [2.45, 2.75) is 26.0 Å². The molecule has 4 nitrogen and oxygen atoms in total. The molecule has 0 aromatic heterocycles. The Morgan fingerprint density at radius 3 is 3.05 bits per heavy atom. The Morgan fingerprint density at radius 2 is 2.35 bits per heavy atom. The molecule has 1 aromatic rings. The van der Waals surface area contributed by atoms with Gasteiger partial charge in [-0.3, -0.25) is 4.90 Å². The Kier molecular flexibility index (Phi) is 5.34. The maximum atomic E-state index is 13.3. The third kappa shape index (κ3) is 3.91. The third-order valence-corrected chi connectivity index (χ3v) is 3.56. The van der Waals surface area contributed by atoms with E-state index < -0.39 is 0 Å². The lowest BCUT2D eigenvalue weighted by Crippen LogP contribution is -2.44. The highest BCUT2D eigenvalue weighted by Crippen LogP contribution is 2.25. The molecule has 2 N–H and O–H groups in total. The van der Waals surface area contributed by atoms with Gasteiger partial charge in [-0.2, -0.15) is 0 Å². The van der Waals surface area contributed by atoms with Crippen LogP contribution in [0.4, 0.5) is 4.39 Å². The van der Waals surface area contributed by atoms with Crippen LogP contribution in [0.1, 0.15) is 25.5 Å². The van der Waals surface area contributed by atoms with Crippen molar-refractivity contribution in [1.82, 2.24) is 4.90 Å². The molecular weight excluding hydrogens is 259 g/mol. The Morgan fingerprint density at radius 1 is 1.55 bits per heavy atom. The first-order valence-electron chi connectivity index (χ1n) is 7.12. The minimum atomic E-state index is -0.296. The lowest BCUT2D eigenvalue weighted by atomic mass is 10.1. The molecule has 2 rings (SSSR count). The van der Waals surface area contributed by atoms with E-state index in [0.717, 1.165) is 26.2 Å². The molecule has 1 aliphatic heterocycles. The van der Waals surface area contributed by atoms with E-state index in [1.807, 2.05) is 6.92 Å². The summed E-state index contributed by atoms with van der Waals surface area (Å²) < 4.78 is 24.7. The summed E-state index contributed by atoms with van der Waals surface area (Å²) in [6.45, 7) is 7.99. The van der Waals surface area contributed by atoms with Crippen molar-refractivity contribution >= 4 is 0 Å². The number of hydrogen-bond donors (Lipinski definition) is 1. The first-order chi connectivity index (χ1) is 9.60. The van der Waals surface area contributed by atoms with Crippen LogP contribution >= 0.6 is 0 Å². The molecule has 0 bridgehead atoms. The predicted octanol–water partition coefficient (Wildman–Crippen LogP) is 1.94. The van der Waals surface area contributed by atoms with Crippen LogP contribution < -0.4 is 10.5 Å². The molecule has 20 heavy (non-hydrogen) atoms. The van der Waals surface area contributed by atoms with Crippen LogP contribution in [0.5, 0.6) is 5.75 Å². The summed E-state index contributed by atoms with van der Waals surface area (Å²) in [6.07, 6.45) is 0.0506. The highest BCUT2D eigenvalue weighted by atomic mass is 19.1. The average Bonchev–Trinajstić information content (AvgIpc) is 2.46. The quantitative estimate of drug-likeness (QED) is 0.896. The number of halogens is 1. The van der Waals surface area contributed by atoms with Gasteiger partial charge >= 0.3 is 0 Å². The molecule has 1 fully saturated rings. The summed E-state index contributed by atoms with van der Waals surface area (Å²) in [5.41, 5.74) is 6.54. The van der Waals surface area contributed by atoms with E-state index in [2.05, 4.69) is 11.8 Å². The zero-order chi connectivity index (χ0) is 14.5. The van der Waals surface area contributed by atoms with E-state index in [1.54, 1.807) is 6.07 Å². The van der Waals surface area contributed by atoms with Crippen LogP contribution in [0.3, 0.4) is 0 Å². The maximum absolute atomic E-state index is 13.3. The number of nitrogens with two attached hydrogens (primary N) is 1. The van der Waals surface area contributed by atoms with Gasteiger partial charge in [0.2, 0.25) is 0 Å². The molecule has 0 aliphatic carbocycles. The minimum Gasteiger partial charge on any atom is -0.490 e. The average molecular weight is 282 g/mol. The molecule has 5 heteroatoms. The lowest BCUT2D eigenvalue weighted by molar-refractivity contribution is -0.0465. The number of benzene rings is 1. The van der Waals surface area contributed by atoms with Gasteiger partial charge in [0.1, 0.15) is 24.3 Å². The molecule has 2 atom stereocenters. The topological polar surface area (TPSA) is 47.7 Å². The van der Waals surface area contributed by atoms with E-state index in [9.17, 15) is 4.39 Å². The molecule has 1 aliphatic rings. The molecule has 1 saturated heterocycles. The Balaban J connectivity index is 1.96. The van der Waals surface area contributed by atoms with Gasteiger partial charge in [-0.1, -0.05) is 6.92 Å². The van der Waals surface area contributed by atoms with E-state index in [-0.39, 0.29) is 18.0 Å². The molecule has 0 amide bonds. The van der Waals surface area contributed by atoms with E-state index >= 15 is 0 Å². The second-order valence-electron chi connectivity index (χ2n) is 5.17. The van der Waals surface area contributed by atoms with Crippen LogP contribution in [0.2, 0.25) is 0 Å². The summed E-state index contributed by atoms with van der Waals surface area (Å²) in [7, 11) is 0. The molecule has 1 heterocycles. The number of likely N-dealkylation sites (N-methyl/N-ethyl adjacent to an activating group) is 1. The van der Waals surface area contributed by atoms with Crippen molar-refractivity contribution in [3.63, 3.8) is 0 Å². The van der Waals surface area contributed by atoms with Gasteiger partial charge < -0.3 is 15.2 Å². The molecule has 0 radical (unpaired) electrons. The molecular formula is C15H23FN2O2. The molecule has 1 aromatic carbocycles. The van der Waals surface area contributed by atoms with E-state index in [4.69, 9.17) is 15.2 Å². The van der Waals surface area contributed by atoms with Crippen molar-refractivity contribution in [2.24, 2.45) is 5.73 Å². The molecule has 112 valence electrons. The summed E-state index contributed by atoms with van der Waals surface area (Å²) in [5.74, 6) is 0.342. The van der Waals surface area contributed by atoms with Crippen LogP contribution in [-0.4, -0.2) is 43.9 Å². The van der Waals surface area contributed by atoms with Crippen molar-refractivity contribution in [1.29, 1.82) is 0 Å². The van der Waals surface area contributed by atoms with E-state index in [0.29, 0.717) is 17.9 Å². The SMILES string of the molecule is CCN1CCOC(COc2ccc(F)cc2C(C)N)C1. The number of nitrogens with zero attached hydrogens (tertiary/aromatic N) is 1. The number of ether oxygens (including phenoxy) is 2. The highest BCUT2D eigenvalue weighted by molar-refractivity contribution is 5.36. The summed E-state index contributed by atoms with van der Waals surface area (Å²) in [6, 6.07) is 4.19. The summed E-state index contributed by atoms with van der Waals surface area (Å²) >= 11 is 0. The van der Waals surface area contributed by atoms with Gasteiger partial charge in [0.05, 0.1) is 6.61 Å². The second kappa shape index (κ2) is 7.02. The predicted molar refractivity (Wildman–Crippen MR) is 76.4 cm³/mol. The maximum Gasteiger partial charge on any atom is 0.124 e. The number of morpholine rings is 1.